The molecular formula is C25H22N2O4. The zero-order valence-corrected chi connectivity index (χ0v) is 17.3. The number of amides is 2. The lowest BCUT2D eigenvalue weighted by Gasteiger charge is -2.11. The van der Waals surface area contributed by atoms with Crippen LogP contribution in [0.15, 0.2) is 83.3 Å². The fourth-order valence-electron chi connectivity index (χ4n) is 3.17. The van der Waals surface area contributed by atoms with E-state index in [-0.39, 0.29) is 18.3 Å². The number of hydrogen-bond donors (Lipinski definition) is 1. The van der Waals surface area contributed by atoms with Crippen molar-refractivity contribution in [2.75, 3.05) is 19.4 Å². The second-order valence-corrected chi connectivity index (χ2v) is 7.30. The number of furan rings is 1. The molecule has 0 aliphatic heterocycles. The van der Waals surface area contributed by atoms with Crippen molar-refractivity contribution in [3.05, 3.63) is 95.9 Å². The SMILES string of the molecule is CN(C)C(=O)c1cccc(NC(=O)c2ccc(COc3ccc4ccccc4c3)o2)c1. The summed E-state index contributed by atoms with van der Waals surface area (Å²) in [5.41, 5.74) is 1.01. The van der Waals surface area contributed by atoms with Crippen LogP contribution in [0, 0.1) is 0 Å². The summed E-state index contributed by atoms with van der Waals surface area (Å²) in [5, 5.41) is 4.99. The monoisotopic (exact) mass is 414 g/mol. The molecule has 31 heavy (non-hydrogen) atoms. The number of carbonyl (C=O) groups is 2. The van der Waals surface area contributed by atoms with Crippen LogP contribution in [0.5, 0.6) is 5.75 Å². The lowest BCUT2D eigenvalue weighted by Crippen LogP contribution is -2.21. The van der Waals surface area contributed by atoms with E-state index in [0.29, 0.717) is 17.0 Å². The molecule has 0 aliphatic carbocycles. The summed E-state index contributed by atoms with van der Waals surface area (Å²) < 4.78 is 11.4. The summed E-state index contributed by atoms with van der Waals surface area (Å²) in [4.78, 5) is 26.1. The molecule has 4 rings (SSSR count). The molecule has 0 aliphatic rings. The maximum Gasteiger partial charge on any atom is 0.291 e. The van der Waals surface area contributed by atoms with Crippen LogP contribution < -0.4 is 10.1 Å². The molecule has 0 unspecified atom stereocenters. The topological polar surface area (TPSA) is 71.8 Å². The van der Waals surface area contributed by atoms with Gasteiger partial charge in [0, 0.05) is 25.3 Å². The van der Waals surface area contributed by atoms with Crippen LogP contribution in [-0.4, -0.2) is 30.8 Å². The Hall–Kier alpha value is -4.06. The number of nitrogens with one attached hydrogen (secondary N) is 1. The highest BCUT2D eigenvalue weighted by molar-refractivity contribution is 6.03. The first-order chi connectivity index (χ1) is 15.0. The second kappa shape index (κ2) is 8.75. The van der Waals surface area contributed by atoms with E-state index < -0.39 is 5.91 Å². The molecule has 0 saturated carbocycles. The molecule has 6 nitrogen and oxygen atoms in total. The molecule has 4 aromatic rings. The van der Waals surface area contributed by atoms with E-state index in [9.17, 15) is 9.59 Å². The van der Waals surface area contributed by atoms with E-state index in [1.54, 1.807) is 50.5 Å². The highest BCUT2D eigenvalue weighted by atomic mass is 16.5. The molecule has 0 saturated heterocycles. The molecular weight excluding hydrogens is 392 g/mol. The third-order valence-electron chi connectivity index (χ3n) is 4.76. The number of anilines is 1. The van der Waals surface area contributed by atoms with Gasteiger partial charge in [-0.25, -0.2) is 0 Å². The minimum atomic E-state index is -0.397. The second-order valence-electron chi connectivity index (χ2n) is 7.30. The molecule has 0 fully saturated rings. The van der Waals surface area contributed by atoms with Crippen molar-refractivity contribution < 1.29 is 18.7 Å². The van der Waals surface area contributed by atoms with Gasteiger partial charge in [0.2, 0.25) is 0 Å². The number of fused-ring (bicyclic) bond motifs is 1. The summed E-state index contributed by atoms with van der Waals surface area (Å²) in [6.45, 7) is 0.207. The molecule has 6 heteroatoms. The first-order valence-corrected chi connectivity index (χ1v) is 9.83. The predicted octanol–water partition coefficient (Wildman–Crippen LogP) is 4.97. The lowest BCUT2D eigenvalue weighted by atomic mass is 10.1. The van der Waals surface area contributed by atoms with Gasteiger partial charge in [0.1, 0.15) is 18.1 Å². The van der Waals surface area contributed by atoms with Gasteiger partial charge >= 0.3 is 0 Å². The molecule has 1 aromatic heterocycles. The molecule has 0 atom stereocenters. The maximum atomic E-state index is 12.5. The number of ether oxygens (including phenoxy) is 1. The van der Waals surface area contributed by atoms with Crippen molar-refractivity contribution in [3.63, 3.8) is 0 Å². The Balaban J connectivity index is 1.39. The van der Waals surface area contributed by atoms with Gasteiger partial charge in [0.15, 0.2) is 5.76 Å². The molecule has 0 spiro atoms. The Bertz CT molecular complexity index is 1240. The molecule has 3 aromatic carbocycles. The minimum absolute atomic E-state index is 0.137. The Morgan fingerprint density at radius 3 is 2.52 bits per heavy atom. The Morgan fingerprint density at radius 1 is 0.903 bits per heavy atom. The third-order valence-corrected chi connectivity index (χ3v) is 4.76. The van der Waals surface area contributed by atoms with E-state index >= 15 is 0 Å². The van der Waals surface area contributed by atoms with Gasteiger partial charge in [0.25, 0.3) is 11.8 Å². The summed E-state index contributed by atoms with van der Waals surface area (Å²) in [7, 11) is 3.36. The van der Waals surface area contributed by atoms with E-state index in [4.69, 9.17) is 9.15 Å². The van der Waals surface area contributed by atoms with Crippen LogP contribution >= 0.6 is 0 Å². The van der Waals surface area contributed by atoms with Crippen LogP contribution in [0.2, 0.25) is 0 Å². The predicted molar refractivity (Wildman–Crippen MR) is 119 cm³/mol. The van der Waals surface area contributed by atoms with Crippen molar-refractivity contribution in [2.24, 2.45) is 0 Å². The van der Waals surface area contributed by atoms with Crippen LogP contribution in [-0.2, 0) is 6.61 Å². The smallest absolute Gasteiger partial charge is 0.291 e. The highest BCUT2D eigenvalue weighted by Gasteiger charge is 2.14. The van der Waals surface area contributed by atoms with Crippen molar-refractivity contribution >= 4 is 28.3 Å². The van der Waals surface area contributed by atoms with Gasteiger partial charge in [-0.1, -0.05) is 36.4 Å². The third kappa shape index (κ3) is 4.75. The Morgan fingerprint density at radius 2 is 1.71 bits per heavy atom. The number of carbonyl (C=O) groups excluding carboxylic acids is 2. The minimum Gasteiger partial charge on any atom is -0.486 e. The van der Waals surface area contributed by atoms with Crippen LogP contribution in [0.1, 0.15) is 26.7 Å². The number of hydrogen-bond acceptors (Lipinski definition) is 4. The first kappa shape index (κ1) is 20.2. The number of nitrogens with zero attached hydrogens (tertiary/aromatic N) is 1. The highest BCUT2D eigenvalue weighted by Crippen LogP contribution is 2.22. The van der Waals surface area contributed by atoms with E-state index in [0.717, 1.165) is 16.5 Å². The fraction of sp³-hybridized carbons (Fsp3) is 0.120. The standard InChI is InChI=1S/C25H22N2O4/c1-27(2)25(29)19-8-5-9-20(14-19)26-24(28)23-13-12-22(31-23)16-30-21-11-10-17-6-3-4-7-18(17)15-21/h3-15H,16H2,1-2H3,(H,26,28). The molecule has 1 heterocycles. The molecule has 0 radical (unpaired) electrons. The summed E-state index contributed by atoms with van der Waals surface area (Å²) in [6.07, 6.45) is 0. The van der Waals surface area contributed by atoms with Gasteiger partial charge in [-0.15, -0.1) is 0 Å². The normalized spacial score (nSPS) is 10.6. The fourth-order valence-corrected chi connectivity index (χ4v) is 3.17. The number of rotatable bonds is 6. The lowest BCUT2D eigenvalue weighted by molar-refractivity contribution is 0.0827. The van der Waals surface area contributed by atoms with Gasteiger partial charge in [-0.3, -0.25) is 9.59 Å². The first-order valence-electron chi connectivity index (χ1n) is 9.83. The average Bonchev–Trinajstić information content (AvgIpc) is 3.26. The average molecular weight is 414 g/mol. The molecule has 156 valence electrons. The van der Waals surface area contributed by atoms with Crippen molar-refractivity contribution in [1.82, 2.24) is 4.90 Å². The van der Waals surface area contributed by atoms with E-state index in [1.807, 2.05) is 42.5 Å². The van der Waals surface area contributed by atoms with Gasteiger partial charge in [-0.2, -0.15) is 0 Å². The van der Waals surface area contributed by atoms with Crippen molar-refractivity contribution in [1.29, 1.82) is 0 Å². The van der Waals surface area contributed by atoms with Gasteiger partial charge in [-0.05, 0) is 53.2 Å². The van der Waals surface area contributed by atoms with E-state index in [2.05, 4.69) is 5.32 Å². The van der Waals surface area contributed by atoms with Gasteiger partial charge < -0.3 is 19.4 Å². The maximum absolute atomic E-state index is 12.5. The molecule has 0 bridgehead atoms. The summed E-state index contributed by atoms with van der Waals surface area (Å²) >= 11 is 0. The zero-order chi connectivity index (χ0) is 21.8. The Kier molecular flexibility index (Phi) is 5.71. The van der Waals surface area contributed by atoms with Gasteiger partial charge in [0.05, 0.1) is 0 Å². The molecule has 1 N–H and O–H groups in total. The van der Waals surface area contributed by atoms with Crippen LogP contribution in [0.4, 0.5) is 5.69 Å². The Labute approximate surface area is 180 Å². The number of benzene rings is 3. The van der Waals surface area contributed by atoms with Crippen molar-refractivity contribution in [2.45, 2.75) is 6.61 Å². The van der Waals surface area contributed by atoms with Crippen LogP contribution in [0.3, 0.4) is 0 Å². The zero-order valence-electron chi connectivity index (χ0n) is 17.3. The van der Waals surface area contributed by atoms with Crippen molar-refractivity contribution in [3.8, 4) is 5.75 Å². The molecule has 2 amide bonds. The summed E-state index contributed by atoms with van der Waals surface area (Å²) in [6, 6.07) is 24.0. The summed E-state index contributed by atoms with van der Waals surface area (Å²) in [5.74, 6) is 0.897. The quantitative estimate of drug-likeness (QED) is 0.484. The van der Waals surface area contributed by atoms with E-state index in [1.165, 1.54) is 4.90 Å². The van der Waals surface area contributed by atoms with Crippen LogP contribution in [0.25, 0.3) is 10.8 Å². The largest absolute Gasteiger partial charge is 0.486 e.